The van der Waals surface area contributed by atoms with Crippen molar-refractivity contribution in [3.05, 3.63) is 97.1 Å². The highest BCUT2D eigenvalue weighted by atomic mass is 32.2. The number of carbonyl (C=O) groups excluding carboxylic acids is 10. The van der Waals surface area contributed by atoms with Crippen molar-refractivity contribution >= 4 is 79.8 Å². The highest BCUT2D eigenvalue weighted by molar-refractivity contribution is 7.91. The minimum Gasteiger partial charge on any atom is -0.444 e. The molecule has 2 heterocycles. The Morgan fingerprint density at radius 1 is 0.646 bits per heavy atom. The third-order valence-corrected chi connectivity index (χ3v) is 20.3. The van der Waals surface area contributed by atoms with Gasteiger partial charge in [0.2, 0.25) is 49.8 Å². The van der Waals surface area contributed by atoms with Crippen LogP contribution in [0.5, 0.6) is 0 Å². The second-order valence-corrected chi connectivity index (χ2v) is 33.5. The van der Waals surface area contributed by atoms with Crippen molar-refractivity contribution in [2.24, 2.45) is 33.4 Å². The molecule has 8 rings (SSSR count). The molecule has 4 aliphatic carbocycles. The number of hydrogen-bond donors (Lipinski definition) is 9. The van der Waals surface area contributed by atoms with Crippen molar-refractivity contribution < 1.29 is 74.3 Å². The number of nitrogens with zero attached hydrogens (tertiary/aromatic N) is 4. The number of alkyl carbamates (subject to hydrolysis) is 2. The largest absolute Gasteiger partial charge is 0.444 e. The summed E-state index contributed by atoms with van der Waals surface area (Å²) in [6, 6.07) is 14.6. The Hall–Kier alpha value is -8.72. The molecule has 31 heteroatoms. The van der Waals surface area contributed by atoms with Crippen LogP contribution < -0.4 is 47.1 Å². The van der Waals surface area contributed by atoms with Crippen LogP contribution in [0.15, 0.2) is 91.0 Å². The number of carbonyl (C=O) groups is 9. The molecule has 544 valence electrons. The number of isocyanates is 1. The fourth-order valence-corrected chi connectivity index (χ4v) is 13.8. The minimum absolute atomic E-state index is 0.00351. The molecule has 2 aliphatic heterocycles. The average molecular weight is 1420 g/mol. The van der Waals surface area contributed by atoms with E-state index in [2.05, 4.69) is 59.5 Å². The summed E-state index contributed by atoms with van der Waals surface area (Å²) in [6.45, 7) is 30.3. The smallest absolute Gasteiger partial charge is 0.408 e. The van der Waals surface area contributed by atoms with Crippen LogP contribution in [0.25, 0.3) is 0 Å². The van der Waals surface area contributed by atoms with Crippen molar-refractivity contribution in [1.82, 2.24) is 51.1 Å². The predicted octanol–water partition coefficient (Wildman–Crippen LogP) is 4.64. The number of likely N-dealkylation sites (tertiary alicyclic amines) is 2. The van der Waals surface area contributed by atoms with Crippen LogP contribution in [0.3, 0.4) is 0 Å². The summed E-state index contributed by atoms with van der Waals surface area (Å²) in [5.74, 6) is -5.10. The molecule has 10 N–H and O–H groups in total. The Morgan fingerprint density at radius 3 is 1.38 bits per heavy atom. The molecule has 4 unspecified atom stereocenters. The van der Waals surface area contributed by atoms with E-state index in [1.807, 2.05) is 60.7 Å². The van der Waals surface area contributed by atoms with E-state index in [4.69, 9.17) is 20.5 Å². The van der Waals surface area contributed by atoms with Gasteiger partial charge in [0.25, 0.3) is 11.8 Å². The molecular weight excluding hydrogens is 1320 g/mol. The van der Waals surface area contributed by atoms with Crippen LogP contribution in [-0.4, -0.2) is 168 Å². The Kier molecular flexibility index (Phi) is 27.0. The zero-order valence-electron chi connectivity index (χ0n) is 58.8. The van der Waals surface area contributed by atoms with Gasteiger partial charge >= 0.3 is 18.2 Å². The third kappa shape index (κ3) is 23.5. The van der Waals surface area contributed by atoms with E-state index in [9.17, 15) is 64.8 Å². The fraction of sp³-hybridized carbons (Fsp3) is 0.603. The zero-order valence-corrected chi connectivity index (χ0v) is 60.4. The van der Waals surface area contributed by atoms with Gasteiger partial charge in [-0.1, -0.05) is 114 Å². The normalized spacial score (nSPS) is 23.6. The van der Waals surface area contributed by atoms with Crippen molar-refractivity contribution in [3.8, 4) is 6.07 Å². The number of amides is 10. The summed E-state index contributed by atoms with van der Waals surface area (Å²) in [6.07, 6.45) is 5.19. The Morgan fingerprint density at radius 2 is 1.03 bits per heavy atom. The topological polar surface area (TPSA) is 422 Å². The maximum absolute atomic E-state index is 14.2. The quantitative estimate of drug-likeness (QED) is 0.0467. The molecule has 10 amide bonds. The summed E-state index contributed by atoms with van der Waals surface area (Å²) in [5, 5.41) is 22.4. The molecule has 6 fully saturated rings. The number of nitrogens with two attached hydrogens (primary N) is 1. The number of ether oxygens (including phenoxy) is 2. The van der Waals surface area contributed by atoms with Gasteiger partial charge in [-0.15, -0.1) is 13.2 Å². The SMILES string of the molecule is C=CC1CC1(NC(=O)[C@@H]1C[C@@H](N)CN1C(=O)[C@@H](NC(=O)OC(C)(C)C)C(C)(C)C)C(=O)NS(=O)(=O)C1CC1.C=CC1CC1(NC(=O)[C@@H]1C[C@@H](NC(=O)NCc2ccccc2)CN1C(=O)[C@@H](NC(=O)OC(C)(C)C)C(C)(C)C)C(=O)NS(=O)(=O)C1CC1.CC#N.O=C=NCc1ccccc1. The molecular formula is C68H99N13O16S2. The molecule has 0 radical (unpaired) electrons. The van der Waals surface area contributed by atoms with Gasteiger partial charge in [0.05, 0.1) is 29.2 Å². The fourth-order valence-electron chi connectivity index (χ4n) is 11.0. The number of nitrogens with one attached hydrogen (secondary N) is 8. The molecule has 6 aliphatic rings. The highest BCUT2D eigenvalue weighted by Crippen LogP contribution is 2.47. The Bertz CT molecular complexity index is 3620. The van der Waals surface area contributed by atoms with Crippen molar-refractivity contribution in [2.75, 3.05) is 13.1 Å². The summed E-state index contributed by atoms with van der Waals surface area (Å²) >= 11 is 0. The van der Waals surface area contributed by atoms with E-state index in [1.165, 1.54) is 35.0 Å². The van der Waals surface area contributed by atoms with Crippen LogP contribution in [0, 0.1) is 34.0 Å². The number of nitriles is 1. The standard InChI is InChI=1S/C33H48N6O8S.C25H41N5O7S.C8H7NO.C2H3N/c1-8-21-17-33(21,28(42)38-48(45,46)23-14-15-23)37-26(40)24-16-22(35-29(43)34-18-20-12-10-9-11-13-20)19-39(24)27(41)25(31(2,3)4)36-30(44)47-32(5,6)7;1-8-14-12-25(14,21(33)29-38(35,36)16-9-10-16)28-19(31)17-11-15(26)13-30(17)20(32)18(23(2,3)4)27-22(34)37-24(5,6)7;10-7-9-6-8-4-2-1-3-5-8;1-2-3/h8-13,21-25H,1,14-19H2,2-7H3,(H,36,44)(H,37,40)(H,38,42)(H2,34,35,43);8,14-18H,1,9-13,26H2,2-7H3,(H,27,34)(H,28,31)(H,29,33);1-5H,6H2;1H3/t21?,22-,24+,25-,33?;14?,15-,17+,18-,25?;;/m11../s1. The molecule has 2 aromatic rings. The van der Waals surface area contributed by atoms with Crippen molar-refractivity contribution in [2.45, 2.75) is 223 Å². The second kappa shape index (κ2) is 33.0. The average Bonchev–Trinajstić information content (AvgIpc) is 1.58. The maximum Gasteiger partial charge on any atom is 0.408 e. The lowest BCUT2D eigenvalue weighted by molar-refractivity contribution is -0.143. The van der Waals surface area contributed by atoms with Gasteiger partial charge in [0.1, 0.15) is 46.4 Å². The van der Waals surface area contributed by atoms with Crippen molar-refractivity contribution in [3.63, 3.8) is 0 Å². The van der Waals surface area contributed by atoms with Gasteiger partial charge in [0, 0.05) is 44.4 Å². The number of aliphatic imine (C=N–C) groups is 1. The number of urea groups is 1. The monoisotopic (exact) mass is 1420 g/mol. The first kappa shape index (κ1) is 81.0. The van der Waals surface area contributed by atoms with Crippen LogP contribution in [0.4, 0.5) is 14.4 Å². The van der Waals surface area contributed by atoms with Crippen LogP contribution >= 0.6 is 0 Å². The van der Waals surface area contributed by atoms with Gasteiger partial charge in [-0.3, -0.25) is 38.2 Å². The Balaban J connectivity index is 0.000000307. The summed E-state index contributed by atoms with van der Waals surface area (Å²) < 4.78 is 64.8. The van der Waals surface area contributed by atoms with Gasteiger partial charge < -0.3 is 56.9 Å². The van der Waals surface area contributed by atoms with Crippen LogP contribution in [0.2, 0.25) is 0 Å². The second-order valence-electron chi connectivity index (χ2n) is 29.6. The lowest BCUT2D eigenvalue weighted by Crippen LogP contribution is -2.60. The third-order valence-electron chi connectivity index (χ3n) is 16.7. The minimum atomic E-state index is -3.90. The number of hydrogen-bond acceptors (Lipinski definition) is 19. The van der Waals surface area contributed by atoms with Gasteiger partial charge in [0.15, 0.2) is 0 Å². The van der Waals surface area contributed by atoms with Crippen LogP contribution in [0.1, 0.15) is 153 Å². The molecule has 0 bridgehead atoms. The van der Waals surface area contributed by atoms with E-state index in [0.717, 1.165) is 11.1 Å². The van der Waals surface area contributed by atoms with E-state index in [0.29, 0.717) is 32.2 Å². The molecule has 99 heavy (non-hydrogen) atoms. The zero-order chi connectivity index (χ0) is 74.4. The summed E-state index contributed by atoms with van der Waals surface area (Å²) in [4.78, 5) is 136. The van der Waals surface area contributed by atoms with E-state index < -0.39 is 165 Å². The highest BCUT2D eigenvalue weighted by Gasteiger charge is 2.63. The molecule has 2 aromatic carbocycles. The Labute approximate surface area is 580 Å². The molecule has 0 aromatic heterocycles. The molecule has 2 saturated heterocycles. The number of rotatable bonds is 21. The summed E-state index contributed by atoms with van der Waals surface area (Å²) in [5.41, 5.74) is 1.85. The molecule has 0 spiro atoms. The van der Waals surface area contributed by atoms with E-state index in [-0.39, 0.29) is 45.3 Å². The molecule has 10 atom stereocenters. The first-order chi connectivity index (χ1) is 45.9. The molecule has 4 saturated carbocycles. The van der Waals surface area contributed by atoms with Crippen LogP contribution in [-0.2, 0) is 76.2 Å². The van der Waals surface area contributed by atoms with Gasteiger partial charge in [-0.2, -0.15) is 5.26 Å². The summed E-state index contributed by atoms with van der Waals surface area (Å²) in [7, 11) is -7.72. The van der Waals surface area contributed by atoms with Gasteiger partial charge in [-0.25, -0.2) is 41.0 Å². The first-order valence-corrected chi connectivity index (χ1v) is 35.8. The number of benzene rings is 2. The van der Waals surface area contributed by atoms with E-state index in [1.54, 1.807) is 89.2 Å². The number of sulfonamides is 2. The van der Waals surface area contributed by atoms with Gasteiger partial charge in [-0.05, 0) is 115 Å². The maximum atomic E-state index is 14.2. The van der Waals surface area contributed by atoms with Crippen molar-refractivity contribution in [1.29, 1.82) is 5.26 Å². The predicted molar refractivity (Wildman–Crippen MR) is 367 cm³/mol. The first-order valence-electron chi connectivity index (χ1n) is 32.7. The van der Waals surface area contributed by atoms with E-state index >= 15 is 0 Å². The lowest BCUT2D eigenvalue weighted by Gasteiger charge is -2.36. The lowest BCUT2D eigenvalue weighted by atomic mass is 9.85. The molecule has 29 nitrogen and oxygen atoms in total.